The zero-order valence-electron chi connectivity index (χ0n) is 12.4. The molecule has 1 amide bonds. The van der Waals surface area contributed by atoms with Gasteiger partial charge in [-0.05, 0) is 18.1 Å². The van der Waals surface area contributed by atoms with E-state index in [-0.39, 0.29) is 12.4 Å². The molecule has 0 unspecified atom stereocenters. The lowest BCUT2D eigenvalue weighted by atomic mass is 10.0. The van der Waals surface area contributed by atoms with Crippen LogP contribution in [-0.2, 0) is 17.8 Å². The number of nitrogens with zero attached hydrogens (tertiary/aromatic N) is 2. The first kappa shape index (κ1) is 15.2. The van der Waals surface area contributed by atoms with E-state index in [1.807, 2.05) is 18.2 Å². The maximum absolute atomic E-state index is 11.9. The third-order valence-electron chi connectivity index (χ3n) is 3.64. The Morgan fingerprint density at radius 1 is 1.48 bits per heavy atom. The zero-order chi connectivity index (χ0) is 16.6. The number of para-hydroxylation sites is 1. The standard InChI is InChI=1S/C16H15N3O3S/c1-2-9-4-3-5-11-10(7-18-14(9)11)6-12-15(21)19(8-13(17)20)16(22)23-12/h3-7,21H,2,8H2,1H3,(H2,17,20)/b10-6+. The van der Waals surface area contributed by atoms with Crippen molar-refractivity contribution in [2.75, 3.05) is 0 Å². The molecule has 3 rings (SSSR count). The number of hydrogen-bond donors (Lipinski definition) is 2. The summed E-state index contributed by atoms with van der Waals surface area (Å²) in [5.74, 6) is -0.931. The molecular formula is C16H15N3O3S. The van der Waals surface area contributed by atoms with E-state index in [1.165, 1.54) is 0 Å². The van der Waals surface area contributed by atoms with Gasteiger partial charge in [-0.2, -0.15) is 0 Å². The van der Waals surface area contributed by atoms with E-state index in [9.17, 15) is 14.7 Å². The molecule has 0 aliphatic carbocycles. The summed E-state index contributed by atoms with van der Waals surface area (Å²) in [5.41, 5.74) is 8.94. The second kappa shape index (κ2) is 5.85. The summed E-state index contributed by atoms with van der Waals surface area (Å²) >= 11 is 0.866. The first-order valence-electron chi connectivity index (χ1n) is 7.10. The maximum atomic E-state index is 11.9. The minimum atomic E-state index is -0.681. The number of carbonyl (C=O) groups excluding carboxylic acids is 1. The lowest BCUT2D eigenvalue weighted by Gasteiger charge is -2.04. The van der Waals surface area contributed by atoms with Gasteiger partial charge in [0.1, 0.15) is 6.54 Å². The van der Waals surface area contributed by atoms with Crippen molar-refractivity contribution in [1.82, 2.24) is 4.57 Å². The van der Waals surface area contributed by atoms with Gasteiger partial charge in [0.2, 0.25) is 11.8 Å². The Labute approximate surface area is 136 Å². The van der Waals surface area contributed by atoms with Crippen LogP contribution in [0.2, 0.25) is 0 Å². The van der Waals surface area contributed by atoms with Gasteiger partial charge in [0.05, 0.1) is 10.6 Å². The van der Waals surface area contributed by atoms with Crippen LogP contribution in [0.1, 0.15) is 22.9 Å². The molecule has 23 heavy (non-hydrogen) atoms. The second-order valence-electron chi connectivity index (χ2n) is 5.13. The molecule has 0 atom stereocenters. The number of nitrogens with two attached hydrogens (primary N) is 1. The van der Waals surface area contributed by atoms with Gasteiger partial charge >= 0.3 is 4.87 Å². The van der Waals surface area contributed by atoms with Crippen molar-refractivity contribution in [2.24, 2.45) is 10.7 Å². The summed E-state index contributed by atoms with van der Waals surface area (Å²) < 4.78 is 0.967. The van der Waals surface area contributed by atoms with Gasteiger partial charge in [-0.15, -0.1) is 0 Å². The number of amides is 1. The highest BCUT2D eigenvalue weighted by Gasteiger charge is 2.18. The Bertz CT molecular complexity index is 906. The minimum absolute atomic E-state index is 0.250. The summed E-state index contributed by atoms with van der Waals surface area (Å²) in [6.45, 7) is 1.73. The number of aromatic hydroxyl groups is 1. The molecule has 1 aliphatic heterocycles. The molecular weight excluding hydrogens is 314 g/mol. The fourth-order valence-corrected chi connectivity index (χ4v) is 3.36. The first-order chi connectivity index (χ1) is 11.0. The first-order valence-corrected chi connectivity index (χ1v) is 7.91. The zero-order valence-corrected chi connectivity index (χ0v) is 13.3. The molecule has 7 heteroatoms. The van der Waals surface area contributed by atoms with Gasteiger partial charge in [0.25, 0.3) is 0 Å². The molecule has 6 nitrogen and oxygen atoms in total. The molecule has 118 valence electrons. The molecule has 0 saturated carbocycles. The van der Waals surface area contributed by atoms with Gasteiger partial charge in [-0.25, -0.2) is 0 Å². The second-order valence-corrected chi connectivity index (χ2v) is 6.13. The molecule has 0 fully saturated rings. The number of primary amides is 1. The van der Waals surface area contributed by atoms with Crippen LogP contribution in [0.5, 0.6) is 5.88 Å². The Hall–Kier alpha value is -2.67. The third kappa shape index (κ3) is 2.70. The van der Waals surface area contributed by atoms with Crippen molar-refractivity contribution in [3.8, 4) is 5.88 Å². The van der Waals surface area contributed by atoms with E-state index >= 15 is 0 Å². The summed E-state index contributed by atoms with van der Waals surface area (Å²) in [4.78, 5) is 27.2. The number of fused-ring (bicyclic) bond motifs is 1. The number of benzene rings is 1. The van der Waals surface area contributed by atoms with Crippen LogP contribution in [0.25, 0.3) is 11.6 Å². The predicted octanol–water partition coefficient (Wildman–Crippen LogP) is 1.92. The highest BCUT2D eigenvalue weighted by molar-refractivity contribution is 7.10. The summed E-state index contributed by atoms with van der Waals surface area (Å²) in [5, 5.41) is 10.1. The van der Waals surface area contributed by atoms with Crippen molar-refractivity contribution in [3.63, 3.8) is 0 Å². The van der Waals surface area contributed by atoms with E-state index < -0.39 is 10.8 Å². The smallest absolute Gasteiger partial charge is 0.311 e. The highest BCUT2D eigenvalue weighted by atomic mass is 32.1. The van der Waals surface area contributed by atoms with Gasteiger partial charge in [0.15, 0.2) is 0 Å². The third-order valence-corrected chi connectivity index (χ3v) is 4.55. The van der Waals surface area contributed by atoms with E-state index in [1.54, 1.807) is 12.3 Å². The fourth-order valence-electron chi connectivity index (χ4n) is 2.53. The largest absolute Gasteiger partial charge is 0.493 e. The Morgan fingerprint density at radius 2 is 2.26 bits per heavy atom. The quantitative estimate of drug-likeness (QED) is 0.896. The van der Waals surface area contributed by atoms with E-state index in [4.69, 9.17) is 5.73 Å². The van der Waals surface area contributed by atoms with Crippen LogP contribution in [0, 0.1) is 0 Å². The lowest BCUT2D eigenvalue weighted by Crippen LogP contribution is -2.24. The maximum Gasteiger partial charge on any atom is 0.311 e. The van der Waals surface area contributed by atoms with Crippen LogP contribution >= 0.6 is 11.3 Å². The van der Waals surface area contributed by atoms with Crippen LogP contribution in [0.4, 0.5) is 5.69 Å². The summed E-state index contributed by atoms with van der Waals surface area (Å²) in [6.07, 6.45) is 4.29. The van der Waals surface area contributed by atoms with E-state index in [2.05, 4.69) is 11.9 Å². The average Bonchev–Trinajstić information content (AvgIpc) is 3.04. The molecule has 0 spiro atoms. The number of aromatic nitrogens is 1. The number of carbonyl (C=O) groups is 1. The van der Waals surface area contributed by atoms with Crippen LogP contribution < -0.4 is 10.6 Å². The van der Waals surface area contributed by atoms with E-state index in [0.717, 1.165) is 44.7 Å². The molecule has 1 aromatic carbocycles. The number of aryl methyl sites for hydroxylation is 1. The minimum Gasteiger partial charge on any atom is -0.493 e. The summed E-state index contributed by atoms with van der Waals surface area (Å²) in [6, 6.07) is 5.94. The molecule has 2 heterocycles. The molecule has 3 N–H and O–H groups in total. The Balaban J connectivity index is 2.05. The molecule has 0 saturated heterocycles. The van der Waals surface area contributed by atoms with Crippen molar-refractivity contribution in [3.05, 3.63) is 43.9 Å². The highest BCUT2D eigenvalue weighted by Crippen LogP contribution is 2.37. The number of thiazole rings is 1. The number of rotatable bonds is 4. The monoisotopic (exact) mass is 329 g/mol. The molecule has 1 aromatic heterocycles. The van der Waals surface area contributed by atoms with Gasteiger partial charge in [-0.1, -0.05) is 36.5 Å². The molecule has 1 aliphatic rings. The molecule has 0 bridgehead atoms. The van der Waals surface area contributed by atoms with Crippen molar-refractivity contribution >= 4 is 40.8 Å². The molecule has 0 radical (unpaired) electrons. The van der Waals surface area contributed by atoms with Crippen molar-refractivity contribution in [2.45, 2.75) is 19.9 Å². The Kier molecular flexibility index (Phi) is 3.87. The normalized spacial score (nSPS) is 14.4. The number of allylic oxidation sites excluding steroid dienone is 1. The van der Waals surface area contributed by atoms with Gasteiger partial charge in [0, 0.05) is 17.4 Å². The number of aliphatic imine (C=N–C) groups is 1. The van der Waals surface area contributed by atoms with Gasteiger partial charge in [-0.3, -0.25) is 19.1 Å². The van der Waals surface area contributed by atoms with E-state index in [0.29, 0.717) is 4.88 Å². The molecule has 2 aromatic rings. The van der Waals surface area contributed by atoms with Crippen LogP contribution in [0.15, 0.2) is 28.0 Å². The van der Waals surface area contributed by atoms with Gasteiger partial charge < -0.3 is 10.8 Å². The van der Waals surface area contributed by atoms with Crippen molar-refractivity contribution in [1.29, 1.82) is 0 Å². The topological polar surface area (TPSA) is 97.7 Å². The van der Waals surface area contributed by atoms with Crippen molar-refractivity contribution < 1.29 is 9.90 Å². The number of hydrogen-bond acceptors (Lipinski definition) is 5. The SMILES string of the molecule is CCc1cccc2c1N=C/C2=C\c1sc(=O)n(CC(N)=O)c1O. The fraction of sp³-hybridized carbons (Fsp3) is 0.188. The van der Waals surface area contributed by atoms with Crippen LogP contribution in [-0.4, -0.2) is 21.8 Å². The Morgan fingerprint density at radius 3 is 2.96 bits per heavy atom. The van der Waals surface area contributed by atoms with Crippen LogP contribution in [0.3, 0.4) is 0 Å². The average molecular weight is 329 g/mol. The predicted molar refractivity (Wildman–Crippen MR) is 91.3 cm³/mol. The summed E-state index contributed by atoms with van der Waals surface area (Å²) in [7, 11) is 0. The lowest BCUT2D eigenvalue weighted by molar-refractivity contribution is -0.118.